The number of nitrogens with zero attached hydrogens (tertiary/aromatic N) is 3. The molecule has 1 saturated heterocycles. The minimum atomic E-state index is -0.393. The van der Waals surface area contributed by atoms with Crippen LogP contribution in [-0.2, 0) is 9.53 Å². The fourth-order valence-corrected chi connectivity index (χ4v) is 4.83. The molecule has 2 N–H and O–H groups in total. The van der Waals surface area contributed by atoms with Gasteiger partial charge in [0.1, 0.15) is 6.54 Å². The Hall–Kier alpha value is -4.50. The van der Waals surface area contributed by atoms with Gasteiger partial charge in [-0.3, -0.25) is 9.78 Å². The minimum Gasteiger partial charge on any atom is -0.465 e. The number of carbonyl (C=O) groups is 2. The number of hydrogen-bond acceptors (Lipinski definition) is 5. The van der Waals surface area contributed by atoms with E-state index < -0.39 is 5.97 Å². The monoisotopic (exact) mass is 511 g/mol. The van der Waals surface area contributed by atoms with E-state index in [-0.39, 0.29) is 24.5 Å². The smallest absolute Gasteiger partial charge is 0.337 e. The molecular weight excluding hydrogens is 486 g/mol. The summed E-state index contributed by atoms with van der Waals surface area (Å²) in [6.45, 7) is 0.0567. The van der Waals surface area contributed by atoms with Gasteiger partial charge in [-0.15, -0.1) is 0 Å². The molecule has 9 heteroatoms. The highest BCUT2D eigenvalue weighted by Crippen LogP contribution is 2.39. The Kier molecular flexibility index (Phi) is 6.96. The van der Waals surface area contributed by atoms with E-state index in [1.165, 1.54) is 7.11 Å². The zero-order valence-corrected chi connectivity index (χ0v) is 20.9. The van der Waals surface area contributed by atoms with Crippen molar-refractivity contribution in [1.82, 2.24) is 19.8 Å². The summed E-state index contributed by atoms with van der Waals surface area (Å²) in [4.78, 5) is 31.4. The Morgan fingerprint density at radius 3 is 2.46 bits per heavy atom. The number of esters is 1. The fraction of sp³-hybridized carbons (Fsp3) is 0.143. The van der Waals surface area contributed by atoms with Crippen LogP contribution in [0.3, 0.4) is 0 Å². The average molecular weight is 512 g/mol. The maximum absolute atomic E-state index is 13.1. The van der Waals surface area contributed by atoms with Crippen molar-refractivity contribution in [2.24, 2.45) is 0 Å². The number of thiocarbonyl (C=S) groups is 1. The number of methoxy groups -OCH3 is 1. The molecule has 4 aromatic rings. The van der Waals surface area contributed by atoms with Gasteiger partial charge in [0, 0.05) is 29.5 Å². The van der Waals surface area contributed by atoms with Crippen LogP contribution >= 0.6 is 12.2 Å². The number of pyridine rings is 1. The molecule has 8 nitrogen and oxygen atoms in total. The normalized spacial score (nSPS) is 16.8. The maximum atomic E-state index is 13.1. The molecule has 2 atom stereocenters. The van der Waals surface area contributed by atoms with Crippen molar-refractivity contribution < 1.29 is 14.3 Å². The number of nitrogens with one attached hydrogen (secondary N) is 2. The Morgan fingerprint density at radius 2 is 1.76 bits per heavy atom. The summed E-state index contributed by atoms with van der Waals surface area (Å²) in [5.74, 6) is -0.571. The highest BCUT2D eigenvalue weighted by atomic mass is 32.1. The van der Waals surface area contributed by atoms with Crippen LogP contribution in [-0.4, -0.2) is 45.1 Å². The summed E-state index contributed by atoms with van der Waals surface area (Å²) in [6, 6.07) is 25.6. The van der Waals surface area contributed by atoms with Gasteiger partial charge in [0.15, 0.2) is 5.11 Å². The molecule has 0 spiro atoms. The molecule has 186 valence electrons. The summed E-state index contributed by atoms with van der Waals surface area (Å²) in [7, 11) is 1.36. The Bertz CT molecular complexity index is 1410. The molecule has 1 fully saturated rings. The second-order valence-electron chi connectivity index (χ2n) is 8.51. The lowest BCUT2D eigenvalue weighted by atomic mass is 10.0. The van der Waals surface area contributed by atoms with Gasteiger partial charge in [-0.05, 0) is 72.9 Å². The van der Waals surface area contributed by atoms with Crippen LogP contribution in [0.1, 0.15) is 33.8 Å². The molecule has 0 saturated carbocycles. The van der Waals surface area contributed by atoms with E-state index in [2.05, 4.69) is 15.6 Å². The van der Waals surface area contributed by atoms with Crippen molar-refractivity contribution in [1.29, 1.82) is 0 Å². The molecule has 1 amide bonds. The van der Waals surface area contributed by atoms with Gasteiger partial charge in [-0.2, -0.15) is 0 Å². The molecular formula is C28H25N5O3S. The molecule has 0 bridgehead atoms. The van der Waals surface area contributed by atoms with Gasteiger partial charge in [-0.25, -0.2) is 4.79 Å². The highest BCUT2D eigenvalue weighted by Gasteiger charge is 2.42. The van der Waals surface area contributed by atoms with Crippen LogP contribution in [0.5, 0.6) is 0 Å². The lowest BCUT2D eigenvalue weighted by molar-refractivity contribution is -0.116. The summed E-state index contributed by atoms with van der Waals surface area (Å²) >= 11 is 5.72. The first-order chi connectivity index (χ1) is 18.0. The van der Waals surface area contributed by atoms with Crippen LogP contribution in [0, 0.1) is 0 Å². The number of hydrogen-bond donors (Lipinski definition) is 2. The topological polar surface area (TPSA) is 88.5 Å². The number of anilines is 1. The first-order valence-electron chi connectivity index (χ1n) is 11.7. The van der Waals surface area contributed by atoms with E-state index in [0.29, 0.717) is 10.7 Å². The standard InChI is InChI=1S/C28H25N5O3S/c1-36-27(35)19-12-14-21(15-13-19)32-17-7-11-23(32)26-25(22-10-5-6-16-29-22)31-28(37)33(26)18-24(34)30-20-8-3-2-4-9-20/h2-17,25-26H,18H2,1H3,(H,30,34)(H,31,37)/t25-,26+/m0/s1. The lowest BCUT2D eigenvalue weighted by Crippen LogP contribution is -2.37. The van der Waals surface area contributed by atoms with Crippen molar-refractivity contribution in [2.45, 2.75) is 12.1 Å². The van der Waals surface area contributed by atoms with E-state index in [1.807, 2.05) is 88.5 Å². The number of benzene rings is 2. The summed E-state index contributed by atoms with van der Waals surface area (Å²) in [6.07, 6.45) is 3.69. The predicted octanol–water partition coefficient (Wildman–Crippen LogP) is 4.27. The number of para-hydroxylation sites is 1. The zero-order valence-electron chi connectivity index (χ0n) is 20.1. The molecule has 1 aliphatic rings. The molecule has 37 heavy (non-hydrogen) atoms. The van der Waals surface area contributed by atoms with Crippen LogP contribution in [0.25, 0.3) is 5.69 Å². The molecule has 0 aliphatic carbocycles. The van der Waals surface area contributed by atoms with Crippen LogP contribution in [0.2, 0.25) is 0 Å². The van der Waals surface area contributed by atoms with Crippen LogP contribution in [0.15, 0.2) is 97.3 Å². The van der Waals surface area contributed by atoms with Gasteiger partial charge in [-0.1, -0.05) is 24.3 Å². The number of aromatic nitrogens is 2. The van der Waals surface area contributed by atoms with E-state index in [1.54, 1.807) is 18.3 Å². The van der Waals surface area contributed by atoms with Crippen molar-refractivity contribution in [3.05, 3.63) is 114 Å². The van der Waals surface area contributed by atoms with Crippen molar-refractivity contribution >= 4 is 34.9 Å². The van der Waals surface area contributed by atoms with Gasteiger partial charge >= 0.3 is 5.97 Å². The summed E-state index contributed by atoms with van der Waals surface area (Å²) < 4.78 is 6.85. The van der Waals surface area contributed by atoms with Crippen LogP contribution < -0.4 is 10.6 Å². The Labute approximate surface area is 219 Å². The lowest BCUT2D eigenvalue weighted by Gasteiger charge is -2.28. The van der Waals surface area contributed by atoms with Gasteiger partial charge in [0.2, 0.25) is 5.91 Å². The van der Waals surface area contributed by atoms with Crippen molar-refractivity contribution in [2.75, 3.05) is 19.0 Å². The number of rotatable bonds is 7. The number of amides is 1. The van der Waals surface area contributed by atoms with E-state index in [0.717, 1.165) is 22.8 Å². The molecule has 0 unspecified atom stereocenters. The number of carbonyl (C=O) groups excluding carboxylic acids is 2. The van der Waals surface area contributed by atoms with Crippen molar-refractivity contribution in [3.8, 4) is 5.69 Å². The zero-order chi connectivity index (χ0) is 25.8. The third-order valence-corrected chi connectivity index (χ3v) is 6.57. The second kappa shape index (κ2) is 10.6. The first-order valence-corrected chi connectivity index (χ1v) is 12.1. The van der Waals surface area contributed by atoms with Gasteiger partial charge in [0.25, 0.3) is 0 Å². The molecule has 2 aromatic heterocycles. The predicted molar refractivity (Wildman–Crippen MR) is 144 cm³/mol. The van der Waals surface area contributed by atoms with Gasteiger partial charge < -0.3 is 24.8 Å². The molecule has 0 radical (unpaired) electrons. The summed E-state index contributed by atoms with van der Waals surface area (Å²) in [5.41, 5.74) is 3.78. The third kappa shape index (κ3) is 5.07. The van der Waals surface area contributed by atoms with Crippen LogP contribution in [0.4, 0.5) is 5.69 Å². The number of ether oxygens (including phenoxy) is 1. The SMILES string of the molecule is COC(=O)c1ccc(-n2cccc2[C@@H]2[C@H](c3ccccn3)NC(=S)N2CC(=O)Nc2ccccc2)cc1. The third-order valence-electron chi connectivity index (χ3n) is 6.22. The quantitative estimate of drug-likeness (QED) is 0.283. The molecule has 2 aromatic carbocycles. The largest absolute Gasteiger partial charge is 0.465 e. The van der Waals surface area contributed by atoms with E-state index in [4.69, 9.17) is 17.0 Å². The average Bonchev–Trinajstić information content (AvgIpc) is 3.54. The van der Waals surface area contributed by atoms with Crippen molar-refractivity contribution in [3.63, 3.8) is 0 Å². The molecule has 5 rings (SSSR count). The Morgan fingerprint density at radius 1 is 1.00 bits per heavy atom. The molecule has 3 heterocycles. The highest BCUT2D eigenvalue weighted by molar-refractivity contribution is 7.80. The first kappa shape index (κ1) is 24.2. The Balaban J connectivity index is 1.50. The van der Waals surface area contributed by atoms with E-state index in [9.17, 15) is 9.59 Å². The van der Waals surface area contributed by atoms with E-state index >= 15 is 0 Å². The maximum Gasteiger partial charge on any atom is 0.337 e. The summed E-state index contributed by atoms with van der Waals surface area (Å²) in [5, 5.41) is 6.79. The second-order valence-corrected chi connectivity index (χ2v) is 8.90. The van der Waals surface area contributed by atoms with Gasteiger partial charge in [0.05, 0.1) is 30.5 Å². The molecule has 1 aliphatic heterocycles. The minimum absolute atomic E-state index is 0.0567. The fourth-order valence-electron chi connectivity index (χ4n) is 4.52.